The molecule has 0 aliphatic heterocycles. The minimum absolute atomic E-state index is 0.174. The van der Waals surface area contributed by atoms with Gasteiger partial charge in [0.1, 0.15) is 28.9 Å². The number of pyridine rings is 1. The molecular weight excluding hydrogens is 534 g/mol. The minimum atomic E-state index is -3.35. The highest BCUT2D eigenvalue weighted by Gasteiger charge is 2.59. The number of fused-ring (bicyclic) bond motifs is 2. The predicted octanol–water partition coefficient (Wildman–Crippen LogP) is 5.52. The predicted molar refractivity (Wildman–Crippen MR) is 146 cm³/mol. The van der Waals surface area contributed by atoms with Crippen molar-refractivity contribution in [3.05, 3.63) is 76.9 Å². The Kier molecular flexibility index (Phi) is 6.14. The van der Waals surface area contributed by atoms with Gasteiger partial charge in [0.15, 0.2) is 15.7 Å². The van der Waals surface area contributed by atoms with Crippen LogP contribution in [0.4, 0.5) is 8.78 Å². The van der Waals surface area contributed by atoms with Crippen molar-refractivity contribution < 1.29 is 17.2 Å². The summed E-state index contributed by atoms with van der Waals surface area (Å²) >= 11 is 0. The lowest BCUT2D eigenvalue weighted by atomic mass is 9.47. The van der Waals surface area contributed by atoms with Crippen molar-refractivity contribution in [1.82, 2.24) is 30.4 Å². The minimum Gasteiger partial charge on any atom is -0.262 e. The van der Waals surface area contributed by atoms with E-state index in [1.807, 2.05) is 12.1 Å². The molecule has 1 saturated carbocycles. The topological polar surface area (TPSA) is 114 Å². The van der Waals surface area contributed by atoms with Crippen molar-refractivity contribution in [2.24, 2.45) is 5.41 Å². The number of benzene rings is 1. The van der Waals surface area contributed by atoms with Crippen molar-refractivity contribution in [2.75, 3.05) is 0 Å². The number of nitrogens with zero attached hydrogens (tertiary/aromatic N) is 5. The van der Waals surface area contributed by atoms with E-state index in [0.29, 0.717) is 11.5 Å². The highest BCUT2D eigenvalue weighted by molar-refractivity contribution is 7.91. The molecule has 0 unspecified atom stereocenters. The summed E-state index contributed by atoms with van der Waals surface area (Å²) in [5.41, 5.74) is 2.21. The van der Waals surface area contributed by atoms with Gasteiger partial charge in [-0.3, -0.25) is 5.10 Å². The molecule has 1 N–H and O–H groups in total. The van der Waals surface area contributed by atoms with Crippen LogP contribution in [-0.4, -0.2) is 44.0 Å². The lowest BCUT2D eigenvalue weighted by Gasteiger charge is -2.56. The van der Waals surface area contributed by atoms with Crippen molar-refractivity contribution in [3.63, 3.8) is 0 Å². The van der Waals surface area contributed by atoms with Gasteiger partial charge in [-0.15, -0.1) is 5.10 Å². The standard InChI is InChI=1S/C29H30F2N6O2S/c1-16(2)40(38,39)15-24-33-27(37-35-24)21-9-6-10-23(32-21)29-12-11-17(14-28(29,3)4)18-13-22(34-36-26(18)29)25-19(30)7-5-8-20(25)31/h5-10,13,16-17H,11-12,14-15H2,1-4H3,(H,33,35,37)/t17-,29+/m1/s1. The van der Waals surface area contributed by atoms with Gasteiger partial charge in [-0.1, -0.05) is 26.0 Å². The Hall–Kier alpha value is -3.60. The monoisotopic (exact) mass is 564 g/mol. The molecule has 11 heteroatoms. The summed E-state index contributed by atoms with van der Waals surface area (Å²) in [5.74, 6) is -0.817. The van der Waals surface area contributed by atoms with Crippen LogP contribution in [0.2, 0.25) is 0 Å². The fourth-order valence-electron chi connectivity index (χ4n) is 6.46. The van der Waals surface area contributed by atoms with Gasteiger partial charge < -0.3 is 0 Å². The number of rotatable bonds is 6. The van der Waals surface area contributed by atoms with Gasteiger partial charge in [-0.2, -0.15) is 10.2 Å². The van der Waals surface area contributed by atoms with Gasteiger partial charge >= 0.3 is 0 Å². The van der Waals surface area contributed by atoms with E-state index >= 15 is 0 Å². The Labute approximate surface area is 231 Å². The normalized spacial score (nSPS) is 21.5. The molecule has 0 radical (unpaired) electrons. The fraction of sp³-hybridized carbons (Fsp3) is 0.414. The quantitative estimate of drug-likeness (QED) is 0.328. The first kappa shape index (κ1) is 26.6. The summed E-state index contributed by atoms with van der Waals surface area (Å²) in [4.78, 5) is 9.43. The molecule has 0 spiro atoms. The third-order valence-corrected chi connectivity index (χ3v) is 10.8. The van der Waals surface area contributed by atoms with Crippen LogP contribution in [0.1, 0.15) is 75.7 Å². The first-order chi connectivity index (χ1) is 18.9. The van der Waals surface area contributed by atoms with Crippen LogP contribution < -0.4 is 0 Å². The van der Waals surface area contributed by atoms with Crippen molar-refractivity contribution >= 4 is 9.84 Å². The van der Waals surface area contributed by atoms with Crippen LogP contribution in [0.5, 0.6) is 0 Å². The van der Waals surface area contributed by atoms with E-state index in [0.717, 1.165) is 36.2 Å². The van der Waals surface area contributed by atoms with Gasteiger partial charge in [0.2, 0.25) is 0 Å². The molecule has 208 valence electrons. The lowest BCUT2D eigenvalue weighted by Crippen LogP contribution is -2.53. The Morgan fingerprint density at radius 2 is 1.75 bits per heavy atom. The summed E-state index contributed by atoms with van der Waals surface area (Å²) in [6.07, 6.45) is 2.53. The average molecular weight is 565 g/mol. The summed E-state index contributed by atoms with van der Waals surface area (Å²) in [6, 6.07) is 11.2. The molecule has 7 rings (SSSR count). The molecule has 3 aromatic heterocycles. The van der Waals surface area contributed by atoms with E-state index in [4.69, 9.17) is 4.98 Å². The molecular formula is C29H30F2N6O2S. The number of aromatic amines is 1. The van der Waals surface area contributed by atoms with E-state index < -0.39 is 32.1 Å². The second-order valence-electron chi connectivity index (χ2n) is 11.7. The van der Waals surface area contributed by atoms with Crippen LogP contribution in [0.15, 0.2) is 42.5 Å². The summed E-state index contributed by atoms with van der Waals surface area (Å²) in [5, 5.41) is 15.4. The SMILES string of the molecule is CC(C)S(=O)(=O)Cc1nc(-c2cccc([C@]34CC[C@H](CC3(C)C)c3cc(-c5c(F)cccc5F)nnc34)n2)n[nH]1. The third kappa shape index (κ3) is 4.05. The summed E-state index contributed by atoms with van der Waals surface area (Å²) < 4.78 is 53.9. The zero-order valence-corrected chi connectivity index (χ0v) is 23.6. The van der Waals surface area contributed by atoms with Crippen LogP contribution in [0.3, 0.4) is 0 Å². The molecule has 3 heterocycles. The Morgan fingerprint density at radius 3 is 2.45 bits per heavy atom. The number of H-pyrrole nitrogens is 1. The van der Waals surface area contributed by atoms with Crippen molar-refractivity contribution in [2.45, 2.75) is 69.3 Å². The molecule has 1 aromatic carbocycles. The number of hydrogen-bond donors (Lipinski definition) is 1. The molecule has 8 nitrogen and oxygen atoms in total. The number of nitrogens with one attached hydrogen (secondary N) is 1. The van der Waals surface area contributed by atoms with Gasteiger partial charge in [0.05, 0.1) is 33.3 Å². The molecule has 2 atom stereocenters. The van der Waals surface area contributed by atoms with Crippen molar-refractivity contribution in [3.8, 4) is 22.8 Å². The Balaban J connectivity index is 1.44. The van der Waals surface area contributed by atoms with Crippen LogP contribution in [0, 0.1) is 17.0 Å². The second-order valence-corrected chi connectivity index (χ2v) is 14.3. The number of hydrogen-bond acceptors (Lipinski definition) is 7. The smallest absolute Gasteiger partial charge is 0.199 e. The van der Waals surface area contributed by atoms with Gasteiger partial charge in [0.25, 0.3) is 0 Å². The Bertz CT molecular complexity index is 1720. The van der Waals surface area contributed by atoms with E-state index in [-0.39, 0.29) is 34.2 Å². The second kappa shape index (κ2) is 9.22. The zero-order valence-electron chi connectivity index (χ0n) is 22.7. The molecule has 4 aromatic rings. The maximum Gasteiger partial charge on any atom is 0.199 e. The van der Waals surface area contributed by atoms with E-state index in [2.05, 4.69) is 39.2 Å². The van der Waals surface area contributed by atoms with Crippen LogP contribution in [0.25, 0.3) is 22.8 Å². The summed E-state index contributed by atoms with van der Waals surface area (Å²) in [7, 11) is -3.35. The Morgan fingerprint density at radius 1 is 1.02 bits per heavy atom. The lowest BCUT2D eigenvalue weighted by molar-refractivity contribution is 0.0812. The molecule has 1 fully saturated rings. The van der Waals surface area contributed by atoms with Gasteiger partial charge in [-0.25, -0.2) is 27.2 Å². The number of halogens is 2. The molecule has 2 bridgehead atoms. The first-order valence-electron chi connectivity index (χ1n) is 13.4. The number of aromatic nitrogens is 6. The summed E-state index contributed by atoms with van der Waals surface area (Å²) in [6.45, 7) is 7.66. The average Bonchev–Trinajstić information content (AvgIpc) is 3.36. The maximum absolute atomic E-state index is 14.6. The van der Waals surface area contributed by atoms with E-state index in [9.17, 15) is 17.2 Å². The largest absolute Gasteiger partial charge is 0.262 e. The van der Waals surface area contributed by atoms with E-state index in [1.165, 1.54) is 18.2 Å². The molecule has 3 aliphatic carbocycles. The van der Waals surface area contributed by atoms with Crippen LogP contribution in [-0.2, 0) is 21.0 Å². The molecule has 40 heavy (non-hydrogen) atoms. The molecule has 0 saturated heterocycles. The van der Waals surface area contributed by atoms with Crippen LogP contribution >= 0.6 is 0 Å². The number of sulfone groups is 1. The van der Waals surface area contributed by atoms with Gasteiger partial charge in [-0.05, 0) is 80.3 Å². The highest BCUT2D eigenvalue weighted by Crippen LogP contribution is 2.64. The van der Waals surface area contributed by atoms with Crippen molar-refractivity contribution in [1.29, 1.82) is 0 Å². The van der Waals surface area contributed by atoms with E-state index in [1.54, 1.807) is 26.0 Å². The first-order valence-corrected chi connectivity index (χ1v) is 15.1. The molecule has 3 aliphatic rings. The highest BCUT2D eigenvalue weighted by atomic mass is 32.2. The van der Waals surface area contributed by atoms with Gasteiger partial charge in [0, 0.05) is 0 Å². The molecule has 0 amide bonds. The maximum atomic E-state index is 14.6. The fourth-order valence-corrected chi connectivity index (χ4v) is 7.31. The third-order valence-electron chi connectivity index (χ3n) is 8.67. The zero-order chi connectivity index (χ0) is 28.4.